The number of hydrogen-bond donors (Lipinski definition) is 1. The Morgan fingerprint density at radius 3 is 2.69 bits per heavy atom. The Labute approximate surface area is 94.1 Å². The second-order valence-corrected chi connectivity index (χ2v) is 5.34. The number of hydrogen-bond acceptors (Lipinski definition) is 3. The van der Waals surface area contributed by atoms with Crippen molar-refractivity contribution >= 4 is 15.8 Å². The molecule has 0 saturated heterocycles. The van der Waals surface area contributed by atoms with Gasteiger partial charge in [-0.1, -0.05) is 12.1 Å². The first kappa shape index (κ1) is 12.4. The third kappa shape index (κ3) is 2.93. The molecule has 0 unspecified atom stereocenters. The van der Waals surface area contributed by atoms with E-state index in [1.165, 1.54) is 30.3 Å². The van der Waals surface area contributed by atoms with Crippen molar-refractivity contribution in [2.24, 2.45) is 0 Å². The molecule has 0 aliphatic rings. The van der Waals surface area contributed by atoms with Gasteiger partial charge < -0.3 is 5.11 Å². The average Bonchev–Trinajstić information content (AvgIpc) is 2.26. The van der Waals surface area contributed by atoms with Crippen LogP contribution in [0.3, 0.4) is 0 Å². The lowest BCUT2D eigenvalue weighted by Crippen LogP contribution is -2.07. The van der Waals surface area contributed by atoms with E-state index in [-0.39, 0.29) is 16.2 Å². The number of carboxylic acids is 1. The minimum atomic E-state index is -3.41. The Bertz CT molecular complexity index is 502. The van der Waals surface area contributed by atoms with Crippen molar-refractivity contribution in [1.82, 2.24) is 0 Å². The number of sulfone groups is 1. The van der Waals surface area contributed by atoms with Crippen molar-refractivity contribution in [1.29, 1.82) is 0 Å². The summed E-state index contributed by atoms with van der Waals surface area (Å²) in [4.78, 5) is 10.7. The molecule has 0 aliphatic carbocycles. The highest BCUT2D eigenvalue weighted by molar-refractivity contribution is 7.91. The molecule has 0 radical (unpaired) electrons. The highest BCUT2D eigenvalue weighted by Gasteiger charge is 2.15. The Kier molecular flexibility index (Phi) is 3.84. The maximum Gasteiger partial charge on any atom is 0.335 e. The smallest absolute Gasteiger partial charge is 0.335 e. The fraction of sp³-hybridized carbons (Fsp3) is 0.182. The second kappa shape index (κ2) is 4.94. The number of carboxylic acid groups (broad SMARTS) is 1. The Morgan fingerprint density at radius 1 is 1.44 bits per heavy atom. The summed E-state index contributed by atoms with van der Waals surface area (Å²) in [7, 11) is -3.41. The molecule has 4 nitrogen and oxygen atoms in total. The van der Waals surface area contributed by atoms with Crippen molar-refractivity contribution in [3.63, 3.8) is 0 Å². The fourth-order valence-corrected chi connectivity index (χ4v) is 2.48. The molecule has 0 amide bonds. The largest absolute Gasteiger partial charge is 0.478 e. The fourth-order valence-electron chi connectivity index (χ4n) is 1.18. The number of carbonyl (C=O) groups is 1. The molecule has 0 heterocycles. The zero-order valence-electron chi connectivity index (χ0n) is 8.59. The average molecular weight is 240 g/mol. The summed E-state index contributed by atoms with van der Waals surface area (Å²) in [5.74, 6) is -1.19. The van der Waals surface area contributed by atoms with Crippen molar-refractivity contribution in [2.75, 3.05) is 5.75 Å². The summed E-state index contributed by atoms with van der Waals surface area (Å²) in [5, 5.41) is 8.74. The molecule has 1 aromatic rings. The van der Waals surface area contributed by atoms with Crippen molar-refractivity contribution in [3.05, 3.63) is 42.5 Å². The summed E-state index contributed by atoms with van der Waals surface area (Å²) in [6.45, 7) is 3.44. The summed E-state index contributed by atoms with van der Waals surface area (Å²) in [5.41, 5.74) is -0.0281. The van der Waals surface area contributed by atoms with E-state index in [2.05, 4.69) is 6.58 Å². The van der Waals surface area contributed by atoms with Crippen LogP contribution in [0.15, 0.2) is 41.8 Å². The maximum absolute atomic E-state index is 11.7. The van der Waals surface area contributed by atoms with Gasteiger partial charge in [-0.25, -0.2) is 13.2 Å². The van der Waals surface area contributed by atoms with E-state index in [0.717, 1.165) is 0 Å². The van der Waals surface area contributed by atoms with Crippen molar-refractivity contribution < 1.29 is 18.3 Å². The van der Waals surface area contributed by atoms with Gasteiger partial charge in [0.25, 0.3) is 0 Å². The first-order chi connectivity index (χ1) is 7.47. The van der Waals surface area contributed by atoms with Crippen LogP contribution in [0.4, 0.5) is 0 Å². The molecule has 0 aromatic heterocycles. The summed E-state index contributed by atoms with van der Waals surface area (Å²) in [6.07, 6.45) is 1.86. The molecule has 0 bridgehead atoms. The highest BCUT2D eigenvalue weighted by Crippen LogP contribution is 2.14. The quantitative estimate of drug-likeness (QED) is 0.796. The number of aromatic carboxylic acids is 1. The number of benzene rings is 1. The van der Waals surface area contributed by atoms with Crippen LogP contribution >= 0.6 is 0 Å². The molecular formula is C11H12O4S. The van der Waals surface area contributed by atoms with Crippen LogP contribution < -0.4 is 0 Å². The standard InChI is InChI=1S/C11H12O4S/c1-2-3-7-16(14,15)10-6-4-5-9(8-10)11(12)13/h2,4-6,8H,1,3,7H2,(H,12,13). The molecular weight excluding hydrogens is 228 g/mol. The maximum atomic E-state index is 11.7. The third-order valence-corrected chi connectivity index (χ3v) is 3.78. The lowest BCUT2D eigenvalue weighted by molar-refractivity contribution is 0.0696. The van der Waals surface area contributed by atoms with Crippen LogP contribution in [0.1, 0.15) is 16.8 Å². The molecule has 1 rings (SSSR count). The van der Waals surface area contributed by atoms with Crippen LogP contribution in [0, 0.1) is 0 Å². The molecule has 5 heteroatoms. The van der Waals surface area contributed by atoms with Crippen molar-refractivity contribution in [2.45, 2.75) is 11.3 Å². The van der Waals surface area contributed by atoms with E-state index in [4.69, 9.17) is 5.11 Å². The summed E-state index contributed by atoms with van der Waals surface area (Å²) < 4.78 is 23.5. The predicted molar refractivity (Wildman–Crippen MR) is 60.3 cm³/mol. The van der Waals surface area contributed by atoms with Crippen molar-refractivity contribution in [3.8, 4) is 0 Å². The monoisotopic (exact) mass is 240 g/mol. The molecule has 86 valence electrons. The second-order valence-electron chi connectivity index (χ2n) is 3.23. The number of allylic oxidation sites excluding steroid dienone is 1. The first-order valence-corrected chi connectivity index (χ1v) is 6.29. The zero-order chi connectivity index (χ0) is 12.2. The van der Waals surface area contributed by atoms with Gasteiger partial charge in [0.2, 0.25) is 0 Å². The van der Waals surface area contributed by atoms with Crippen LogP contribution in [-0.4, -0.2) is 25.2 Å². The molecule has 16 heavy (non-hydrogen) atoms. The SMILES string of the molecule is C=CCCS(=O)(=O)c1cccc(C(=O)O)c1. The minimum Gasteiger partial charge on any atom is -0.478 e. The minimum absolute atomic E-state index is 0.0281. The molecule has 0 atom stereocenters. The van der Waals surface area contributed by atoms with Gasteiger partial charge in [0.15, 0.2) is 9.84 Å². The normalized spacial score (nSPS) is 11.0. The molecule has 0 fully saturated rings. The van der Waals surface area contributed by atoms with Gasteiger partial charge in [-0.15, -0.1) is 6.58 Å². The van der Waals surface area contributed by atoms with Gasteiger partial charge >= 0.3 is 5.97 Å². The molecule has 1 aromatic carbocycles. The topological polar surface area (TPSA) is 71.4 Å². The van der Waals surface area contributed by atoms with E-state index in [1.54, 1.807) is 0 Å². The molecule has 0 aliphatic heterocycles. The lowest BCUT2D eigenvalue weighted by Gasteiger charge is -2.03. The Balaban J connectivity index is 3.08. The predicted octanol–water partition coefficient (Wildman–Crippen LogP) is 1.73. The molecule has 1 N–H and O–H groups in total. The van der Waals surface area contributed by atoms with Gasteiger partial charge in [0.05, 0.1) is 16.2 Å². The third-order valence-electron chi connectivity index (χ3n) is 2.03. The zero-order valence-corrected chi connectivity index (χ0v) is 9.40. The highest BCUT2D eigenvalue weighted by atomic mass is 32.2. The number of rotatable bonds is 5. The van der Waals surface area contributed by atoms with Gasteiger partial charge in [-0.3, -0.25) is 0 Å². The van der Waals surface area contributed by atoms with E-state index < -0.39 is 15.8 Å². The summed E-state index contributed by atoms with van der Waals surface area (Å²) in [6, 6.07) is 5.34. The molecule has 0 spiro atoms. The van der Waals surface area contributed by atoms with Crippen LogP contribution in [0.5, 0.6) is 0 Å². The van der Waals surface area contributed by atoms with Crippen LogP contribution in [-0.2, 0) is 9.84 Å². The van der Waals surface area contributed by atoms with Gasteiger partial charge in [-0.05, 0) is 24.6 Å². The first-order valence-electron chi connectivity index (χ1n) is 4.64. The lowest BCUT2D eigenvalue weighted by atomic mass is 10.2. The van der Waals surface area contributed by atoms with Gasteiger partial charge in [0, 0.05) is 0 Å². The van der Waals surface area contributed by atoms with E-state index in [9.17, 15) is 13.2 Å². The van der Waals surface area contributed by atoms with Crippen LogP contribution in [0.2, 0.25) is 0 Å². The van der Waals surface area contributed by atoms with Crippen LogP contribution in [0.25, 0.3) is 0 Å². The van der Waals surface area contributed by atoms with E-state index >= 15 is 0 Å². The van der Waals surface area contributed by atoms with Gasteiger partial charge in [0.1, 0.15) is 0 Å². The van der Waals surface area contributed by atoms with E-state index in [0.29, 0.717) is 6.42 Å². The molecule has 0 saturated carbocycles. The summed E-state index contributed by atoms with van der Waals surface area (Å²) >= 11 is 0. The van der Waals surface area contributed by atoms with E-state index in [1.807, 2.05) is 0 Å². The van der Waals surface area contributed by atoms with Gasteiger partial charge in [-0.2, -0.15) is 0 Å². The Morgan fingerprint density at radius 2 is 2.12 bits per heavy atom. The Hall–Kier alpha value is -1.62.